The van der Waals surface area contributed by atoms with Gasteiger partial charge in [0.1, 0.15) is 0 Å². The fourth-order valence-corrected chi connectivity index (χ4v) is 1.80. The van der Waals surface area contributed by atoms with Gasteiger partial charge in [0.15, 0.2) is 0 Å². The van der Waals surface area contributed by atoms with Crippen molar-refractivity contribution in [2.45, 2.75) is 26.2 Å². The predicted molar refractivity (Wildman–Crippen MR) is 59.8 cm³/mol. The van der Waals surface area contributed by atoms with Gasteiger partial charge in [-0.15, -0.1) is 0 Å². The van der Waals surface area contributed by atoms with Crippen molar-refractivity contribution in [3.8, 4) is 0 Å². The molecule has 2 nitrogen and oxygen atoms in total. The van der Waals surface area contributed by atoms with Gasteiger partial charge < -0.3 is 4.98 Å². The summed E-state index contributed by atoms with van der Waals surface area (Å²) < 4.78 is 0. The number of fused-ring (bicyclic) bond motifs is 1. The molecule has 0 amide bonds. The van der Waals surface area contributed by atoms with Crippen LogP contribution < -0.4 is 0 Å². The molecule has 3 heteroatoms. The Bertz CT molecular complexity index is 466. The number of nitrogens with one attached hydrogen (secondary N) is 1. The minimum absolute atomic E-state index is 0.0678. The lowest BCUT2D eigenvalue weighted by Gasteiger charge is -2.19. The van der Waals surface area contributed by atoms with Crippen LogP contribution in [0.5, 0.6) is 0 Å². The van der Waals surface area contributed by atoms with Gasteiger partial charge in [0.2, 0.25) is 0 Å². The number of aromatic amines is 1. The second kappa shape index (κ2) is 2.99. The van der Waals surface area contributed by atoms with Crippen molar-refractivity contribution in [1.29, 1.82) is 0 Å². The van der Waals surface area contributed by atoms with Crippen molar-refractivity contribution in [2.24, 2.45) is 0 Å². The molecule has 14 heavy (non-hydrogen) atoms. The van der Waals surface area contributed by atoms with Crippen LogP contribution in [0.4, 0.5) is 0 Å². The zero-order valence-electron chi connectivity index (χ0n) is 8.56. The average molecular weight is 209 g/mol. The first-order valence-corrected chi connectivity index (χ1v) is 4.99. The molecule has 0 spiro atoms. The van der Waals surface area contributed by atoms with E-state index in [1.54, 1.807) is 6.33 Å². The minimum atomic E-state index is 0.0678. The Balaban J connectivity index is 2.80. The van der Waals surface area contributed by atoms with E-state index < -0.39 is 0 Å². The lowest BCUT2D eigenvalue weighted by molar-refractivity contribution is 0.595. The van der Waals surface area contributed by atoms with E-state index in [0.29, 0.717) is 0 Å². The Morgan fingerprint density at radius 1 is 1.29 bits per heavy atom. The topological polar surface area (TPSA) is 28.7 Å². The van der Waals surface area contributed by atoms with Gasteiger partial charge in [0, 0.05) is 5.02 Å². The third-order valence-corrected chi connectivity index (χ3v) is 2.51. The highest BCUT2D eigenvalue weighted by Gasteiger charge is 2.18. The molecule has 0 saturated carbocycles. The number of H-pyrrole nitrogens is 1. The lowest BCUT2D eigenvalue weighted by Crippen LogP contribution is -2.11. The molecular formula is C11H13ClN2. The Hall–Kier alpha value is -1.02. The summed E-state index contributed by atoms with van der Waals surface area (Å²) in [5.41, 5.74) is 3.27. The summed E-state index contributed by atoms with van der Waals surface area (Å²) in [6, 6.07) is 3.89. The summed E-state index contributed by atoms with van der Waals surface area (Å²) in [7, 11) is 0. The van der Waals surface area contributed by atoms with Gasteiger partial charge in [-0.1, -0.05) is 32.4 Å². The molecule has 0 unspecified atom stereocenters. The van der Waals surface area contributed by atoms with Crippen molar-refractivity contribution in [1.82, 2.24) is 9.97 Å². The van der Waals surface area contributed by atoms with Crippen LogP contribution in [0.15, 0.2) is 18.5 Å². The van der Waals surface area contributed by atoms with E-state index in [-0.39, 0.29) is 5.41 Å². The van der Waals surface area contributed by atoms with Gasteiger partial charge >= 0.3 is 0 Å². The SMILES string of the molecule is CC(C)(C)c1cc(Cl)cc2[nH]cnc12. The predicted octanol–water partition coefficient (Wildman–Crippen LogP) is 3.51. The first kappa shape index (κ1) is 9.53. The third kappa shape index (κ3) is 1.50. The van der Waals surface area contributed by atoms with Crippen LogP contribution in [0.2, 0.25) is 5.02 Å². The maximum atomic E-state index is 6.04. The highest BCUT2D eigenvalue weighted by molar-refractivity contribution is 6.31. The van der Waals surface area contributed by atoms with Gasteiger partial charge in [-0.2, -0.15) is 0 Å². The minimum Gasteiger partial charge on any atom is -0.345 e. The van der Waals surface area contributed by atoms with Crippen molar-refractivity contribution < 1.29 is 0 Å². The number of imidazole rings is 1. The smallest absolute Gasteiger partial charge is 0.0932 e. The number of aromatic nitrogens is 2. The molecule has 0 aliphatic carbocycles. The summed E-state index contributed by atoms with van der Waals surface area (Å²) >= 11 is 6.04. The summed E-state index contributed by atoms with van der Waals surface area (Å²) in [4.78, 5) is 7.39. The molecule has 0 bridgehead atoms. The van der Waals surface area contributed by atoms with E-state index in [9.17, 15) is 0 Å². The van der Waals surface area contributed by atoms with Gasteiger partial charge in [-0.05, 0) is 23.1 Å². The molecule has 0 aliphatic heterocycles. The number of halogens is 1. The standard InChI is InChI=1S/C11H13ClN2/c1-11(2,3)8-4-7(12)5-9-10(8)14-6-13-9/h4-6H,1-3H3,(H,13,14). The zero-order chi connectivity index (χ0) is 10.3. The summed E-state index contributed by atoms with van der Waals surface area (Å²) in [5.74, 6) is 0. The first-order valence-electron chi connectivity index (χ1n) is 4.61. The van der Waals surface area contributed by atoms with Gasteiger partial charge in [-0.3, -0.25) is 0 Å². The van der Waals surface area contributed by atoms with Crippen LogP contribution in [-0.4, -0.2) is 9.97 Å². The van der Waals surface area contributed by atoms with Crippen LogP contribution in [0, 0.1) is 0 Å². The summed E-state index contributed by atoms with van der Waals surface area (Å²) in [5, 5.41) is 0.756. The molecule has 74 valence electrons. The molecule has 0 radical (unpaired) electrons. The normalized spacial score (nSPS) is 12.3. The molecular weight excluding hydrogens is 196 g/mol. The molecule has 2 rings (SSSR count). The van der Waals surface area contributed by atoms with Crippen LogP contribution in [0.1, 0.15) is 26.3 Å². The van der Waals surface area contributed by atoms with Crippen LogP contribution >= 0.6 is 11.6 Å². The molecule has 0 fully saturated rings. The van der Waals surface area contributed by atoms with Crippen LogP contribution in [0.25, 0.3) is 11.0 Å². The largest absolute Gasteiger partial charge is 0.345 e. The van der Waals surface area contributed by atoms with E-state index in [2.05, 4.69) is 30.7 Å². The molecule has 1 aromatic carbocycles. The summed E-state index contributed by atoms with van der Waals surface area (Å²) in [6.45, 7) is 6.48. The monoisotopic (exact) mass is 208 g/mol. The number of hydrogen-bond donors (Lipinski definition) is 1. The van der Waals surface area contributed by atoms with E-state index >= 15 is 0 Å². The fourth-order valence-electron chi connectivity index (χ4n) is 1.59. The summed E-state index contributed by atoms with van der Waals surface area (Å²) in [6.07, 6.45) is 1.70. The maximum absolute atomic E-state index is 6.04. The fraction of sp³-hybridized carbons (Fsp3) is 0.364. The van der Waals surface area contributed by atoms with Crippen LogP contribution in [-0.2, 0) is 5.41 Å². The average Bonchev–Trinajstić information content (AvgIpc) is 2.47. The first-order chi connectivity index (χ1) is 6.48. The molecule has 2 aromatic rings. The Morgan fingerprint density at radius 2 is 2.00 bits per heavy atom. The highest BCUT2D eigenvalue weighted by atomic mass is 35.5. The molecule has 0 atom stereocenters. The Labute approximate surface area is 88.3 Å². The van der Waals surface area contributed by atoms with E-state index in [0.717, 1.165) is 16.1 Å². The van der Waals surface area contributed by atoms with Crippen molar-refractivity contribution in [2.75, 3.05) is 0 Å². The maximum Gasteiger partial charge on any atom is 0.0932 e. The number of rotatable bonds is 0. The van der Waals surface area contributed by atoms with E-state index in [4.69, 9.17) is 11.6 Å². The molecule has 1 aromatic heterocycles. The zero-order valence-corrected chi connectivity index (χ0v) is 9.31. The second-order valence-corrected chi connectivity index (χ2v) is 4.94. The van der Waals surface area contributed by atoms with Gasteiger partial charge in [0.05, 0.1) is 17.4 Å². The van der Waals surface area contributed by atoms with Gasteiger partial charge in [0.25, 0.3) is 0 Å². The number of nitrogens with zero attached hydrogens (tertiary/aromatic N) is 1. The molecule has 1 N–H and O–H groups in total. The van der Waals surface area contributed by atoms with E-state index in [1.165, 1.54) is 5.56 Å². The number of hydrogen-bond acceptors (Lipinski definition) is 1. The van der Waals surface area contributed by atoms with Crippen molar-refractivity contribution in [3.05, 3.63) is 29.0 Å². The van der Waals surface area contributed by atoms with Crippen LogP contribution in [0.3, 0.4) is 0 Å². The Kier molecular flexibility index (Phi) is 2.04. The van der Waals surface area contributed by atoms with Crippen molar-refractivity contribution >= 4 is 22.6 Å². The molecule has 0 saturated heterocycles. The molecule has 1 heterocycles. The molecule has 0 aliphatic rings. The van der Waals surface area contributed by atoms with E-state index in [1.807, 2.05) is 12.1 Å². The van der Waals surface area contributed by atoms with Gasteiger partial charge in [-0.25, -0.2) is 4.98 Å². The number of benzene rings is 1. The second-order valence-electron chi connectivity index (χ2n) is 4.50. The lowest BCUT2D eigenvalue weighted by atomic mass is 9.86. The third-order valence-electron chi connectivity index (χ3n) is 2.30. The Morgan fingerprint density at radius 3 is 2.64 bits per heavy atom. The quantitative estimate of drug-likeness (QED) is 0.705. The van der Waals surface area contributed by atoms with Crippen molar-refractivity contribution in [3.63, 3.8) is 0 Å². The highest BCUT2D eigenvalue weighted by Crippen LogP contribution is 2.30.